The number of halogens is 1. The number of amides is 1. The van der Waals surface area contributed by atoms with Crippen molar-refractivity contribution in [2.75, 3.05) is 5.32 Å². The van der Waals surface area contributed by atoms with Crippen LogP contribution in [0.4, 0.5) is 5.13 Å². The minimum absolute atomic E-state index is 0. The molecule has 90 valence electrons. The van der Waals surface area contributed by atoms with Gasteiger partial charge in [0.05, 0.1) is 5.69 Å². The Morgan fingerprint density at radius 3 is 3.12 bits per heavy atom. The van der Waals surface area contributed by atoms with E-state index in [-0.39, 0.29) is 24.4 Å². The van der Waals surface area contributed by atoms with Crippen LogP contribution in [0.15, 0.2) is 0 Å². The summed E-state index contributed by atoms with van der Waals surface area (Å²) in [6, 6.07) is 0.257. The van der Waals surface area contributed by atoms with Crippen LogP contribution in [0.3, 0.4) is 0 Å². The number of hydrogen-bond donors (Lipinski definition) is 2. The number of rotatable bonds is 2. The van der Waals surface area contributed by atoms with Crippen molar-refractivity contribution in [2.24, 2.45) is 5.73 Å². The molecule has 1 aliphatic rings. The molecule has 16 heavy (non-hydrogen) atoms. The van der Waals surface area contributed by atoms with Crippen molar-refractivity contribution in [1.82, 2.24) is 4.98 Å². The monoisotopic (exact) mass is 261 g/mol. The number of aryl methyl sites for hydroxylation is 1. The van der Waals surface area contributed by atoms with Crippen LogP contribution in [0.1, 0.15) is 30.3 Å². The molecule has 0 radical (unpaired) electrons. The topological polar surface area (TPSA) is 68.0 Å². The molecule has 0 aliphatic heterocycles. The number of anilines is 1. The van der Waals surface area contributed by atoms with E-state index < -0.39 is 0 Å². The van der Waals surface area contributed by atoms with Crippen molar-refractivity contribution in [3.05, 3.63) is 10.6 Å². The zero-order valence-corrected chi connectivity index (χ0v) is 10.8. The minimum atomic E-state index is 0. The highest BCUT2D eigenvalue weighted by atomic mass is 35.5. The van der Waals surface area contributed by atoms with Crippen LogP contribution in [0.5, 0.6) is 0 Å². The molecule has 0 fully saturated rings. The highest BCUT2D eigenvalue weighted by Gasteiger charge is 2.20. The molecular formula is C10H16ClN3OS. The van der Waals surface area contributed by atoms with Crippen LogP contribution in [-0.2, 0) is 17.6 Å². The lowest BCUT2D eigenvalue weighted by Gasteiger charge is -2.15. The highest BCUT2D eigenvalue weighted by Crippen LogP contribution is 2.29. The van der Waals surface area contributed by atoms with Crippen molar-refractivity contribution < 1.29 is 4.79 Å². The Morgan fingerprint density at radius 1 is 1.69 bits per heavy atom. The van der Waals surface area contributed by atoms with Gasteiger partial charge in [0.25, 0.3) is 0 Å². The molecule has 0 saturated heterocycles. The predicted octanol–water partition coefficient (Wildman–Crippen LogP) is 1.73. The molecule has 1 atom stereocenters. The van der Waals surface area contributed by atoms with Gasteiger partial charge in [-0.05, 0) is 19.3 Å². The average Bonchev–Trinajstić information content (AvgIpc) is 2.59. The Kier molecular flexibility index (Phi) is 4.70. The van der Waals surface area contributed by atoms with Crippen molar-refractivity contribution in [2.45, 2.75) is 38.6 Å². The third-order valence-corrected chi connectivity index (χ3v) is 3.58. The van der Waals surface area contributed by atoms with E-state index in [1.165, 1.54) is 4.88 Å². The molecular weight excluding hydrogens is 246 g/mol. The molecule has 1 aliphatic carbocycles. The number of carbonyl (C=O) groups is 1. The maximum atomic E-state index is 11.2. The molecule has 1 aromatic heterocycles. The van der Waals surface area contributed by atoms with Crippen molar-refractivity contribution in [1.29, 1.82) is 0 Å². The van der Waals surface area contributed by atoms with Gasteiger partial charge in [-0.15, -0.1) is 23.7 Å². The summed E-state index contributed by atoms with van der Waals surface area (Å²) in [4.78, 5) is 16.8. The summed E-state index contributed by atoms with van der Waals surface area (Å²) in [5, 5.41) is 3.51. The van der Waals surface area contributed by atoms with Gasteiger partial charge < -0.3 is 11.1 Å². The quantitative estimate of drug-likeness (QED) is 0.852. The van der Waals surface area contributed by atoms with Crippen molar-refractivity contribution >= 4 is 34.8 Å². The van der Waals surface area contributed by atoms with E-state index >= 15 is 0 Å². The fourth-order valence-electron chi connectivity index (χ4n) is 1.66. The first-order valence-corrected chi connectivity index (χ1v) is 6.04. The highest BCUT2D eigenvalue weighted by molar-refractivity contribution is 7.15. The summed E-state index contributed by atoms with van der Waals surface area (Å²) >= 11 is 1.56. The molecule has 4 nitrogen and oxygen atoms in total. The summed E-state index contributed by atoms with van der Waals surface area (Å²) in [6.07, 6.45) is 3.33. The summed E-state index contributed by atoms with van der Waals surface area (Å²) in [7, 11) is 0. The Hall–Kier alpha value is -0.650. The number of aromatic nitrogens is 1. The normalized spacial score (nSPS) is 18.5. The number of carbonyl (C=O) groups excluding carboxylic acids is 1. The maximum Gasteiger partial charge on any atom is 0.225 e. The molecule has 0 spiro atoms. The third-order valence-electron chi connectivity index (χ3n) is 2.55. The molecule has 0 saturated carbocycles. The van der Waals surface area contributed by atoms with E-state index in [0.717, 1.165) is 30.1 Å². The van der Waals surface area contributed by atoms with Gasteiger partial charge in [0, 0.05) is 17.3 Å². The van der Waals surface area contributed by atoms with E-state index in [9.17, 15) is 4.79 Å². The van der Waals surface area contributed by atoms with Gasteiger partial charge in [-0.3, -0.25) is 4.79 Å². The largest absolute Gasteiger partial charge is 0.327 e. The van der Waals surface area contributed by atoms with Gasteiger partial charge in [-0.25, -0.2) is 4.98 Å². The molecule has 0 unspecified atom stereocenters. The van der Waals surface area contributed by atoms with Gasteiger partial charge in [-0.1, -0.05) is 6.92 Å². The van der Waals surface area contributed by atoms with Gasteiger partial charge in [0.15, 0.2) is 5.13 Å². The van der Waals surface area contributed by atoms with Gasteiger partial charge in [0.1, 0.15) is 0 Å². The second-order valence-electron chi connectivity index (χ2n) is 3.79. The number of hydrogen-bond acceptors (Lipinski definition) is 4. The lowest BCUT2D eigenvalue weighted by Crippen LogP contribution is -2.26. The Balaban J connectivity index is 0.00000128. The smallest absolute Gasteiger partial charge is 0.225 e. The van der Waals surface area contributed by atoms with E-state index in [0.29, 0.717) is 6.42 Å². The Labute approximate surface area is 105 Å². The molecule has 6 heteroatoms. The van der Waals surface area contributed by atoms with Gasteiger partial charge >= 0.3 is 0 Å². The lowest BCUT2D eigenvalue weighted by molar-refractivity contribution is -0.115. The fraction of sp³-hybridized carbons (Fsp3) is 0.600. The first kappa shape index (κ1) is 13.4. The molecule has 0 bridgehead atoms. The van der Waals surface area contributed by atoms with E-state index in [1.54, 1.807) is 11.3 Å². The molecule has 2 rings (SSSR count). The predicted molar refractivity (Wildman–Crippen MR) is 68.3 cm³/mol. The minimum Gasteiger partial charge on any atom is -0.327 e. The van der Waals surface area contributed by atoms with Crippen molar-refractivity contribution in [3.63, 3.8) is 0 Å². The lowest BCUT2D eigenvalue weighted by atomic mass is 9.99. The fourth-order valence-corrected chi connectivity index (χ4v) is 2.78. The standard InChI is InChI=1S/C10H15N3OS.ClH/c1-2-9(14)13-10-12-7-4-3-6(11)5-8(7)15-10;/h6H,2-5,11H2,1H3,(H,12,13,14);1H/t6-;/m0./s1. The zero-order valence-electron chi connectivity index (χ0n) is 9.16. The molecule has 1 aromatic rings. The van der Waals surface area contributed by atoms with Crippen LogP contribution in [0, 0.1) is 0 Å². The zero-order chi connectivity index (χ0) is 10.8. The number of nitrogens with zero attached hydrogens (tertiary/aromatic N) is 1. The van der Waals surface area contributed by atoms with Crippen LogP contribution >= 0.6 is 23.7 Å². The number of nitrogens with two attached hydrogens (primary N) is 1. The first-order valence-electron chi connectivity index (χ1n) is 5.23. The van der Waals surface area contributed by atoms with Crippen LogP contribution in [-0.4, -0.2) is 16.9 Å². The van der Waals surface area contributed by atoms with Crippen molar-refractivity contribution in [3.8, 4) is 0 Å². The van der Waals surface area contributed by atoms with Gasteiger partial charge in [0.2, 0.25) is 5.91 Å². The Bertz CT molecular complexity index is 380. The molecule has 1 heterocycles. The van der Waals surface area contributed by atoms with E-state index in [2.05, 4.69) is 10.3 Å². The molecule has 3 N–H and O–H groups in total. The van der Waals surface area contributed by atoms with Gasteiger partial charge in [-0.2, -0.15) is 0 Å². The average molecular weight is 262 g/mol. The SMILES string of the molecule is CCC(=O)Nc1nc2c(s1)C[C@@H](N)CC2.Cl. The Morgan fingerprint density at radius 2 is 2.44 bits per heavy atom. The maximum absolute atomic E-state index is 11.2. The third kappa shape index (κ3) is 2.93. The van der Waals surface area contributed by atoms with Crippen LogP contribution in [0.25, 0.3) is 0 Å². The number of fused-ring (bicyclic) bond motifs is 1. The number of nitrogens with one attached hydrogen (secondary N) is 1. The first-order chi connectivity index (χ1) is 7.19. The van der Waals surface area contributed by atoms with E-state index in [1.807, 2.05) is 6.92 Å². The van der Waals surface area contributed by atoms with Crippen LogP contribution in [0.2, 0.25) is 0 Å². The summed E-state index contributed by atoms with van der Waals surface area (Å²) in [5.74, 6) is 0.0189. The van der Waals surface area contributed by atoms with E-state index in [4.69, 9.17) is 5.73 Å². The summed E-state index contributed by atoms with van der Waals surface area (Å²) < 4.78 is 0. The summed E-state index contributed by atoms with van der Waals surface area (Å²) in [6.45, 7) is 1.83. The number of thiazole rings is 1. The molecule has 0 aromatic carbocycles. The molecule has 1 amide bonds. The second kappa shape index (κ2) is 5.61. The summed E-state index contributed by atoms with van der Waals surface area (Å²) in [5.41, 5.74) is 7.00. The second-order valence-corrected chi connectivity index (χ2v) is 4.88. The van der Waals surface area contributed by atoms with Crippen LogP contribution < -0.4 is 11.1 Å².